The van der Waals surface area contributed by atoms with Gasteiger partial charge in [-0.1, -0.05) is 6.07 Å². The van der Waals surface area contributed by atoms with Gasteiger partial charge in [0.05, 0.1) is 6.67 Å². The molecule has 0 bridgehead atoms. The van der Waals surface area contributed by atoms with Gasteiger partial charge in [-0.15, -0.1) is 0 Å². The van der Waals surface area contributed by atoms with Crippen LogP contribution in [0.5, 0.6) is 0 Å². The van der Waals surface area contributed by atoms with Gasteiger partial charge in [0.2, 0.25) is 0 Å². The Morgan fingerprint density at radius 3 is 3.08 bits per heavy atom. The molecular formula is C9H13N3. The van der Waals surface area contributed by atoms with Crippen molar-refractivity contribution in [2.24, 2.45) is 0 Å². The van der Waals surface area contributed by atoms with Crippen LogP contribution in [0.1, 0.15) is 5.56 Å². The molecule has 0 spiro atoms. The first kappa shape index (κ1) is 7.55. The van der Waals surface area contributed by atoms with Crippen molar-refractivity contribution >= 4 is 5.82 Å². The normalized spacial score (nSPS) is 17.7. The Hall–Kier alpha value is -1.09. The minimum absolute atomic E-state index is 0.962. The van der Waals surface area contributed by atoms with Crippen molar-refractivity contribution in [1.82, 2.24) is 9.88 Å². The zero-order valence-electron chi connectivity index (χ0n) is 7.49. The van der Waals surface area contributed by atoms with E-state index in [9.17, 15) is 0 Å². The third-order valence-corrected chi connectivity index (χ3v) is 2.12. The van der Waals surface area contributed by atoms with Gasteiger partial charge < -0.3 is 4.90 Å². The van der Waals surface area contributed by atoms with E-state index in [0.717, 1.165) is 19.0 Å². The highest BCUT2D eigenvalue weighted by Gasteiger charge is 2.16. The van der Waals surface area contributed by atoms with Crippen molar-refractivity contribution in [1.29, 1.82) is 0 Å². The van der Waals surface area contributed by atoms with Crippen LogP contribution in [0.15, 0.2) is 18.3 Å². The smallest absolute Gasteiger partial charge is 0.133 e. The molecule has 1 aromatic heterocycles. The summed E-state index contributed by atoms with van der Waals surface area (Å²) in [6, 6.07) is 4.13. The molecule has 1 aromatic rings. The molecule has 0 aromatic carbocycles. The monoisotopic (exact) mass is 163 g/mol. The molecule has 0 unspecified atom stereocenters. The molecule has 12 heavy (non-hydrogen) atoms. The van der Waals surface area contributed by atoms with Gasteiger partial charge in [0.25, 0.3) is 0 Å². The van der Waals surface area contributed by atoms with E-state index in [1.165, 1.54) is 5.56 Å². The summed E-state index contributed by atoms with van der Waals surface area (Å²) in [6.07, 6.45) is 1.85. The summed E-state index contributed by atoms with van der Waals surface area (Å²) in [5.74, 6) is 1.12. The Bertz CT molecular complexity index is 285. The molecule has 0 aliphatic carbocycles. The Labute approximate surface area is 72.6 Å². The number of hydrogen-bond donors (Lipinski definition) is 0. The zero-order valence-corrected chi connectivity index (χ0v) is 7.49. The lowest BCUT2D eigenvalue weighted by Gasteiger charge is -2.32. The number of aromatic nitrogens is 1. The second-order valence-electron chi connectivity index (χ2n) is 3.34. The summed E-state index contributed by atoms with van der Waals surface area (Å²) in [6.45, 7) is 1.97. The van der Waals surface area contributed by atoms with E-state index in [1.54, 1.807) is 0 Å². The Morgan fingerprint density at radius 1 is 1.42 bits per heavy atom. The summed E-state index contributed by atoms with van der Waals surface area (Å²) in [5.41, 5.74) is 1.31. The van der Waals surface area contributed by atoms with Crippen LogP contribution in [0.25, 0.3) is 0 Å². The number of pyridine rings is 1. The van der Waals surface area contributed by atoms with Crippen LogP contribution in [0, 0.1) is 0 Å². The topological polar surface area (TPSA) is 19.4 Å². The van der Waals surface area contributed by atoms with E-state index in [4.69, 9.17) is 0 Å². The summed E-state index contributed by atoms with van der Waals surface area (Å²) in [5, 5.41) is 0. The molecule has 64 valence electrons. The number of hydrogen-bond acceptors (Lipinski definition) is 3. The van der Waals surface area contributed by atoms with Crippen LogP contribution < -0.4 is 4.90 Å². The van der Waals surface area contributed by atoms with E-state index in [1.807, 2.05) is 12.3 Å². The van der Waals surface area contributed by atoms with E-state index in [-0.39, 0.29) is 0 Å². The van der Waals surface area contributed by atoms with Crippen LogP contribution >= 0.6 is 0 Å². The fourth-order valence-electron chi connectivity index (χ4n) is 1.67. The van der Waals surface area contributed by atoms with Crippen molar-refractivity contribution < 1.29 is 0 Å². The van der Waals surface area contributed by atoms with Crippen molar-refractivity contribution in [3.8, 4) is 0 Å². The highest BCUT2D eigenvalue weighted by molar-refractivity contribution is 5.47. The molecule has 2 rings (SSSR count). The third kappa shape index (κ3) is 1.16. The van der Waals surface area contributed by atoms with Gasteiger partial charge in [0.1, 0.15) is 5.82 Å². The van der Waals surface area contributed by atoms with E-state index in [2.05, 4.69) is 34.9 Å². The van der Waals surface area contributed by atoms with Crippen molar-refractivity contribution in [2.75, 3.05) is 25.7 Å². The summed E-state index contributed by atoms with van der Waals surface area (Å²) < 4.78 is 0. The first-order chi connectivity index (χ1) is 5.77. The summed E-state index contributed by atoms with van der Waals surface area (Å²) in [7, 11) is 4.19. The molecule has 1 aliphatic heterocycles. The highest BCUT2D eigenvalue weighted by Crippen LogP contribution is 2.21. The molecule has 2 heterocycles. The summed E-state index contributed by atoms with van der Waals surface area (Å²) in [4.78, 5) is 8.77. The highest BCUT2D eigenvalue weighted by atomic mass is 15.3. The quantitative estimate of drug-likeness (QED) is 0.567. The van der Waals surface area contributed by atoms with Gasteiger partial charge in [0.15, 0.2) is 0 Å². The molecular weight excluding hydrogens is 150 g/mol. The zero-order chi connectivity index (χ0) is 8.55. The van der Waals surface area contributed by atoms with Crippen LogP contribution in [0.2, 0.25) is 0 Å². The van der Waals surface area contributed by atoms with Gasteiger partial charge in [-0.05, 0) is 13.1 Å². The first-order valence-electron chi connectivity index (χ1n) is 4.11. The fraction of sp³-hybridized carbons (Fsp3) is 0.444. The van der Waals surface area contributed by atoms with Gasteiger partial charge in [-0.25, -0.2) is 4.98 Å². The lowest BCUT2D eigenvalue weighted by Crippen LogP contribution is -2.38. The first-order valence-corrected chi connectivity index (χ1v) is 4.11. The maximum Gasteiger partial charge on any atom is 0.133 e. The SMILES string of the molecule is CN1Cc2cccnc2N(C)C1. The minimum Gasteiger partial charge on any atom is -0.346 e. The molecule has 3 nitrogen and oxygen atoms in total. The van der Waals surface area contributed by atoms with Gasteiger partial charge in [-0.3, -0.25) is 4.90 Å². The Kier molecular flexibility index (Phi) is 1.73. The lowest BCUT2D eigenvalue weighted by molar-refractivity contribution is 0.314. The fourth-order valence-corrected chi connectivity index (χ4v) is 1.67. The standard InChI is InChI=1S/C9H13N3/c1-11-6-8-4-3-5-10-9(8)12(2)7-11/h3-5H,6-7H2,1-2H3. The largest absolute Gasteiger partial charge is 0.346 e. The molecule has 0 fully saturated rings. The second kappa shape index (κ2) is 2.75. The Balaban J connectivity index is 2.40. The maximum absolute atomic E-state index is 4.33. The van der Waals surface area contributed by atoms with E-state index < -0.39 is 0 Å². The average molecular weight is 163 g/mol. The second-order valence-corrected chi connectivity index (χ2v) is 3.34. The van der Waals surface area contributed by atoms with Crippen LogP contribution in [0.3, 0.4) is 0 Å². The molecule has 0 radical (unpaired) electrons. The molecule has 1 aliphatic rings. The number of rotatable bonds is 0. The third-order valence-electron chi connectivity index (χ3n) is 2.12. The van der Waals surface area contributed by atoms with Crippen molar-refractivity contribution in [2.45, 2.75) is 6.54 Å². The van der Waals surface area contributed by atoms with Crippen LogP contribution in [-0.2, 0) is 6.54 Å². The van der Waals surface area contributed by atoms with Gasteiger partial charge >= 0.3 is 0 Å². The molecule has 3 heteroatoms. The van der Waals surface area contributed by atoms with E-state index >= 15 is 0 Å². The predicted octanol–water partition coefficient (Wildman–Crippen LogP) is 0.921. The predicted molar refractivity (Wildman–Crippen MR) is 49.0 cm³/mol. The van der Waals surface area contributed by atoms with Crippen molar-refractivity contribution in [3.63, 3.8) is 0 Å². The lowest BCUT2D eigenvalue weighted by atomic mass is 10.2. The minimum atomic E-state index is 0.962. The Morgan fingerprint density at radius 2 is 2.25 bits per heavy atom. The van der Waals surface area contributed by atoms with Gasteiger partial charge in [-0.2, -0.15) is 0 Å². The number of nitrogens with zero attached hydrogens (tertiary/aromatic N) is 3. The number of fused-ring (bicyclic) bond motifs is 1. The summed E-state index contributed by atoms with van der Waals surface area (Å²) >= 11 is 0. The molecule has 0 saturated carbocycles. The van der Waals surface area contributed by atoms with E-state index in [0.29, 0.717) is 0 Å². The molecule has 0 saturated heterocycles. The average Bonchev–Trinajstić information content (AvgIpc) is 2.04. The molecule has 0 atom stereocenters. The molecule has 0 N–H and O–H groups in total. The van der Waals surface area contributed by atoms with Crippen LogP contribution in [0.4, 0.5) is 5.82 Å². The number of anilines is 1. The van der Waals surface area contributed by atoms with Crippen molar-refractivity contribution in [3.05, 3.63) is 23.9 Å². The van der Waals surface area contributed by atoms with Gasteiger partial charge in [0, 0.05) is 25.4 Å². The molecule has 0 amide bonds. The maximum atomic E-state index is 4.33. The van der Waals surface area contributed by atoms with Crippen LogP contribution in [-0.4, -0.2) is 30.6 Å².